The van der Waals surface area contributed by atoms with Gasteiger partial charge < -0.3 is 10.1 Å². The molecule has 10 heteroatoms. The standard InChI is InChI=1S/C16H20BrClN2O5S/c17-11-6-7-14(13(18)8-11)26(23,24)19-9-16(22)25-10-15(21)20-12-4-2-1-3-5-12/h6-8,12,19H,1-5,9-10H2,(H,20,21). The Kier molecular flexibility index (Phi) is 7.87. The van der Waals surface area contributed by atoms with Crippen LogP contribution in [-0.2, 0) is 24.3 Å². The maximum Gasteiger partial charge on any atom is 0.321 e. The number of halogens is 2. The molecule has 0 aliphatic heterocycles. The summed E-state index contributed by atoms with van der Waals surface area (Å²) in [4.78, 5) is 23.3. The predicted octanol–water partition coefficient (Wildman–Crippen LogP) is 2.37. The molecule has 2 N–H and O–H groups in total. The van der Waals surface area contributed by atoms with Gasteiger partial charge in [0.25, 0.3) is 5.91 Å². The molecule has 1 aromatic rings. The van der Waals surface area contributed by atoms with Gasteiger partial charge in [-0.15, -0.1) is 0 Å². The molecule has 1 fully saturated rings. The minimum atomic E-state index is -3.97. The summed E-state index contributed by atoms with van der Waals surface area (Å²) < 4.78 is 31.9. The highest BCUT2D eigenvalue weighted by atomic mass is 79.9. The lowest BCUT2D eigenvalue weighted by atomic mass is 9.95. The molecule has 26 heavy (non-hydrogen) atoms. The molecular weight excluding hydrogens is 448 g/mol. The second-order valence-electron chi connectivity index (χ2n) is 5.96. The number of esters is 1. The molecule has 0 atom stereocenters. The van der Waals surface area contributed by atoms with E-state index in [1.807, 2.05) is 0 Å². The van der Waals surface area contributed by atoms with Crippen LogP contribution < -0.4 is 10.0 Å². The van der Waals surface area contributed by atoms with Crippen LogP contribution >= 0.6 is 27.5 Å². The maximum absolute atomic E-state index is 12.2. The normalized spacial score (nSPS) is 15.5. The number of sulfonamides is 1. The van der Waals surface area contributed by atoms with E-state index >= 15 is 0 Å². The third-order valence-electron chi connectivity index (χ3n) is 3.92. The van der Waals surface area contributed by atoms with E-state index in [0.29, 0.717) is 4.47 Å². The zero-order chi connectivity index (χ0) is 19.2. The number of carbonyl (C=O) groups is 2. The van der Waals surface area contributed by atoms with Crippen molar-refractivity contribution in [1.82, 2.24) is 10.0 Å². The van der Waals surface area contributed by atoms with Crippen molar-refractivity contribution < 1.29 is 22.7 Å². The number of amides is 1. The average molecular weight is 468 g/mol. The largest absolute Gasteiger partial charge is 0.455 e. The first-order valence-corrected chi connectivity index (χ1v) is 10.8. The Labute approximate surface area is 166 Å². The highest BCUT2D eigenvalue weighted by molar-refractivity contribution is 9.10. The fraction of sp³-hybridized carbons (Fsp3) is 0.500. The minimum absolute atomic E-state index is 0.0205. The third-order valence-corrected chi connectivity index (χ3v) is 6.30. The van der Waals surface area contributed by atoms with Gasteiger partial charge >= 0.3 is 5.97 Å². The van der Waals surface area contributed by atoms with Crippen LogP contribution in [0.25, 0.3) is 0 Å². The lowest BCUT2D eigenvalue weighted by Crippen LogP contribution is -2.39. The van der Waals surface area contributed by atoms with Gasteiger partial charge in [-0.2, -0.15) is 4.72 Å². The van der Waals surface area contributed by atoms with Gasteiger partial charge in [-0.3, -0.25) is 9.59 Å². The fourth-order valence-corrected chi connectivity index (χ4v) is 4.64. The summed E-state index contributed by atoms with van der Waals surface area (Å²) in [6.07, 6.45) is 5.17. The average Bonchev–Trinajstić information content (AvgIpc) is 2.59. The summed E-state index contributed by atoms with van der Waals surface area (Å²) in [6, 6.07) is 4.39. The number of hydrogen-bond donors (Lipinski definition) is 2. The Bertz CT molecular complexity index is 766. The molecule has 7 nitrogen and oxygen atoms in total. The van der Waals surface area contributed by atoms with E-state index in [9.17, 15) is 18.0 Å². The molecular formula is C16H20BrClN2O5S. The van der Waals surface area contributed by atoms with Crippen LogP contribution in [0, 0.1) is 0 Å². The number of benzene rings is 1. The van der Waals surface area contributed by atoms with Gasteiger partial charge in [0.05, 0.1) is 5.02 Å². The lowest BCUT2D eigenvalue weighted by molar-refractivity contribution is -0.147. The molecule has 0 aromatic heterocycles. The van der Waals surface area contributed by atoms with Crippen molar-refractivity contribution in [2.24, 2.45) is 0 Å². The minimum Gasteiger partial charge on any atom is -0.455 e. The molecule has 0 bridgehead atoms. The Morgan fingerprint density at radius 2 is 1.92 bits per heavy atom. The second-order valence-corrected chi connectivity index (χ2v) is 9.02. The van der Waals surface area contributed by atoms with Crippen LogP contribution in [0.2, 0.25) is 5.02 Å². The van der Waals surface area contributed by atoms with Crippen molar-refractivity contribution in [1.29, 1.82) is 0 Å². The van der Waals surface area contributed by atoms with E-state index in [1.54, 1.807) is 0 Å². The van der Waals surface area contributed by atoms with Gasteiger partial charge in [0.15, 0.2) is 6.61 Å². The van der Waals surface area contributed by atoms with E-state index < -0.39 is 29.1 Å². The zero-order valence-electron chi connectivity index (χ0n) is 14.0. The van der Waals surface area contributed by atoms with E-state index in [-0.39, 0.29) is 21.9 Å². The molecule has 0 unspecified atom stereocenters. The van der Waals surface area contributed by atoms with Crippen LogP contribution in [0.3, 0.4) is 0 Å². The van der Waals surface area contributed by atoms with Crippen molar-refractivity contribution in [2.75, 3.05) is 13.2 Å². The number of hydrogen-bond acceptors (Lipinski definition) is 5. The molecule has 2 rings (SSSR count). The third kappa shape index (κ3) is 6.53. The van der Waals surface area contributed by atoms with E-state index in [1.165, 1.54) is 24.6 Å². The Morgan fingerprint density at radius 1 is 1.23 bits per heavy atom. The zero-order valence-corrected chi connectivity index (χ0v) is 17.1. The summed E-state index contributed by atoms with van der Waals surface area (Å²) in [5, 5.41) is 2.83. The molecule has 1 aliphatic rings. The molecule has 0 radical (unpaired) electrons. The van der Waals surface area contributed by atoms with Gasteiger partial charge in [-0.1, -0.05) is 46.8 Å². The highest BCUT2D eigenvalue weighted by Gasteiger charge is 2.20. The summed E-state index contributed by atoms with van der Waals surface area (Å²) >= 11 is 9.09. The molecule has 144 valence electrons. The Morgan fingerprint density at radius 3 is 2.58 bits per heavy atom. The molecule has 0 heterocycles. The smallest absolute Gasteiger partial charge is 0.321 e. The predicted molar refractivity (Wildman–Crippen MR) is 100 cm³/mol. The Balaban J connectivity index is 1.77. The van der Waals surface area contributed by atoms with Crippen molar-refractivity contribution >= 4 is 49.4 Å². The van der Waals surface area contributed by atoms with E-state index in [4.69, 9.17) is 16.3 Å². The molecule has 1 amide bonds. The van der Waals surface area contributed by atoms with E-state index in [2.05, 4.69) is 26.0 Å². The van der Waals surface area contributed by atoms with Crippen LogP contribution in [0.15, 0.2) is 27.6 Å². The van der Waals surface area contributed by atoms with Crippen molar-refractivity contribution in [3.8, 4) is 0 Å². The monoisotopic (exact) mass is 466 g/mol. The molecule has 0 spiro atoms. The first-order valence-electron chi connectivity index (χ1n) is 8.17. The summed E-state index contributed by atoms with van der Waals surface area (Å²) in [6.45, 7) is -1.03. The topological polar surface area (TPSA) is 102 Å². The SMILES string of the molecule is O=C(COC(=O)CNS(=O)(=O)c1ccc(Br)cc1Cl)NC1CCCCC1. The number of ether oxygens (including phenoxy) is 1. The first-order chi connectivity index (χ1) is 12.3. The first kappa shape index (κ1) is 21.1. The second kappa shape index (κ2) is 9.68. The summed E-state index contributed by atoms with van der Waals surface area (Å²) in [7, 11) is -3.97. The van der Waals surface area contributed by atoms with Crippen LogP contribution in [0.4, 0.5) is 0 Å². The fourth-order valence-electron chi connectivity index (χ4n) is 2.64. The van der Waals surface area contributed by atoms with Crippen molar-refractivity contribution in [3.05, 3.63) is 27.7 Å². The number of nitrogens with one attached hydrogen (secondary N) is 2. The van der Waals surface area contributed by atoms with Gasteiger partial charge in [-0.05, 0) is 31.0 Å². The molecule has 1 aliphatic carbocycles. The number of rotatable bonds is 7. The summed E-state index contributed by atoms with van der Waals surface area (Å²) in [5.74, 6) is -1.23. The van der Waals surface area contributed by atoms with Gasteiger partial charge in [0, 0.05) is 10.5 Å². The van der Waals surface area contributed by atoms with Gasteiger partial charge in [0.1, 0.15) is 11.4 Å². The Hall–Kier alpha value is -1.16. The van der Waals surface area contributed by atoms with Crippen molar-refractivity contribution in [2.45, 2.75) is 43.0 Å². The quantitative estimate of drug-likeness (QED) is 0.600. The molecule has 0 saturated heterocycles. The van der Waals surface area contributed by atoms with E-state index in [0.717, 1.165) is 25.7 Å². The van der Waals surface area contributed by atoms with Crippen LogP contribution in [0.5, 0.6) is 0 Å². The van der Waals surface area contributed by atoms with Crippen LogP contribution in [0.1, 0.15) is 32.1 Å². The highest BCUT2D eigenvalue weighted by Crippen LogP contribution is 2.24. The lowest BCUT2D eigenvalue weighted by Gasteiger charge is -2.22. The maximum atomic E-state index is 12.2. The molecule has 1 aromatic carbocycles. The van der Waals surface area contributed by atoms with Crippen molar-refractivity contribution in [3.63, 3.8) is 0 Å². The van der Waals surface area contributed by atoms with Gasteiger partial charge in [0.2, 0.25) is 10.0 Å². The number of carbonyl (C=O) groups excluding carboxylic acids is 2. The van der Waals surface area contributed by atoms with Crippen LogP contribution in [-0.4, -0.2) is 39.5 Å². The summed E-state index contributed by atoms with van der Waals surface area (Å²) in [5.41, 5.74) is 0. The molecule has 1 saturated carbocycles. The van der Waals surface area contributed by atoms with Gasteiger partial charge in [-0.25, -0.2) is 8.42 Å².